The molecule has 1 N–H and O–H groups in total. The van der Waals surface area contributed by atoms with Crippen molar-refractivity contribution in [3.8, 4) is 0 Å². The molecule has 1 aromatic carbocycles. The lowest BCUT2D eigenvalue weighted by Gasteiger charge is -2.32. The summed E-state index contributed by atoms with van der Waals surface area (Å²) in [5, 5.41) is 3.03. The van der Waals surface area contributed by atoms with Gasteiger partial charge >= 0.3 is 0 Å². The molecular formula is C21H26N2O2. The number of amides is 2. The van der Waals surface area contributed by atoms with Gasteiger partial charge in [0.25, 0.3) is 0 Å². The molecule has 0 radical (unpaired) electrons. The smallest absolute Gasteiger partial charge is 0.223 e. The fraction of sp³-hybridized carbons (Fsp3) is 0.429. The fourth-order valence-electron chi connectivity index (χ4n) is 3.66. The zero-order valence-electron chi connectivity index (χ0n) is 14.8. The summed E-state index contributed by atoms with van der Waals surface area (Å²) in [6.45, 7) is 2.22. The molecule has 0 aromatic heterocycles. The van der Waals surface area contributed by atoms with Crippen LogP contribution in [0.2, 0.25) is 0 Å². The average Bonchev–Trinajstić information content (AvgIpc) is 2.62. The Labute approximate surface area is 149 Å². The van der Waals surface area contributed by atoms with E-state index < -0.39 is 0 Å². The van der Waals surface area contributed by atoms with Gasteiger partial charge in [-0.05, 0) is 49.3 Å². The molecule has 3 rings (SSSR count). The fourth-order valence-corrected chi connectivity index (χ4v) is 3.66. The zero-order chi connectivity index (χ0) is 17.6. The van der Waals surface area contributed by atoms with Gasteiger partial charge in [-0.3, -0.25) is 9.59 Å². The SMILES string of the molecule is CC(=O)N1C=Cc2ccccc2[C@H]1CC(=O)NCCC1=CCCCC1. The second-order valence-corrected chi connectivity index (χ2v) is 6.80. The van der Waals surface area contributed by atoms with Crippen molar-refractivity contribution in [3.63, 3.8) is 0 Å². The molecule has 1 atom stereocenters. The molecule has 1 heterocycles. The lowest BCUT2D eigenvalue weighted by molar-refractivity contribution is -0.129. The summed E-state index contributed by atoms with van der Waals surface area (Å²) >= 11 is 0. The van der Waals surface area contributed by atoms with Gasteiger partial charge in [-0.1, -0.05) is 35.9 Å². The molecule has 1 aliphatic heterocycles. The minimum absolute atomic E-state index is 0.00207. The molecule has 2 aliphatic rings. The van der Waals surface area contributed by atoms with Crippen LogP contribution in [0.4, 0.5) is 0 Å². The van der Waals surface area contributed by atoms with Crippen LogP contribution in [0.15, 0.2) is 42.1 Å². The molecule has 4 heteroatoms. The van der Waals surface area contributed by atoms with Gasteiger partial charge in [0.15, 0.2) is 0 Å². The number of nitrogens with zero attached hydrogens (tertiary/aromatic N) is 1. The number of hydrogen-bond acceptors (Lipinski definition) is 2. The predicted molar refractivity (Wildman–Crippen MR) is 99.5 cm³/mol. The number of nitrogens with one attached hydrogen (secondary N) is 1. The van der Waals surface area contributed by atoms with Gasteiger partial charge in [-0.25, -0.2) is 0 Å². The van der Waals surface area contributed by atoms with E-state index in [4.69, 9.17) is 0 Å². The Morgan fingerprint density at radius 2 is 2.08 bits per heavy atom. The lowest BCUT2D eigenvalue weighted by atomic mass is 9.93. The number of carbonyl (C=O) groups excluding carboxylic acids is 2. The molecule has 132 valence electrons. The minimum Gasteiger partial charge on any atom is -0.356 e. The van der Waals surface area contributed by atoms with Crippen LogP contribution >= 0.6 is 0 Å². The number of allylic oxidation sites excluding steroid dienone is 1. The molecule has 0 fully saturated rings. The minimum atomic E-state index is -0.229. The van der Waals surface area contributed by atoms with Crippen molar-refractivity contribution in [1.29, 1.82) is 0 Å². The standard InChI is InChI=1S/C21H26N2O2/c1-16(24)23-14-12-18-9-5-6-10-19(18)20(23)15-21(25)22-13-11-17-7-3-2-4-8-17/h5-7,9-10,12,14,20H,2-4,8,11,13,15H2,1H3,(H,22,25)/t20-/m1/s1. The molecule has 0 unspecified atom stereocenters. The largest absolute Gasteiger partial charge is 0.356 e. The van der Waals surface area contributed by atoms with Crippen molar-refractivity contribution in [2.24, 2.45) is 0 Å². The summed E-state index contributed by atoms with van der Waals surface area (Å²) in [6, 6.07) is 7.72. The number of benzene rings is 1. The second kappa shape index (κ2) is 8.15. The van der Waals surface area contributed by atoms with Crippen molar-refractivity contribution in [2.75, 3.05) is 6.54 Å². The summed E-state index contributed by atoms with van der Waals surface area (Å²) in [6.07, 6.45) is 12.1. The van der Waals surface area contributed by atoms with Crippen LogP contribution in [-0.4, -0.2) is 23.3 Å². The first kappa shape index (κ1) is 17.5. The highest BCUT2D eigenvalue weighted by molar-refractivity contribution is 5.81. The molecule has 25 heavy (non-hydrogen) atoms. The highest BCUT2D eigenvalue weighted by Gasteiger charge is 2.27. The van der Waals surface area contributed by atoms with Crippen LogP contribution in [-0.2, 0) is 9.59 Å². The van der Waals surface area contributed by atoms with Gasteiger partial charge in [-0.2, -0.15) is 0 Å². The third kappa shape index (κ3) is 4.38. The topological polar surface area (TPSA) is 49.4 Å². The number of rotatable bonds is 5. The molecule has 4 nitrogen and oxygen atoms in total. The lowest BCUT2D eigenvalue weighted by Crippen LogP contribution is -2.35. The van der Waals surface area contributed by atoms with Crippen LogP contribution in [0.25, 0.3) is 6.08 Å². The van der Waals surface area contributed by atoms with Gasteiger partial charge in [0, 0.05) is 19.7 Å². The van der Waals surface area contributed by atoms with E-state index in [1.165, 1.54) is 24.8 Å². The Balaban J connectivity index is 1.61. The maximum Gasteiger partial charge on any atom is 0.223 e. The Morgan fingerprint density at radius 3 is 2.84 bits per heavy atom. The first-order valence-electron chi connectivity index (χ1n) is 9.16. The van der Waals surface area contributed by atoms with E-state index >= 15 is 0 Å². The van der Waals surface area contributed by atoms with Crippen molar-refractivity contribution in [2.45, 2.75) is 51.5 Å². The van der Waals surface area contributed by atoms with E-state index in [9.17, 15) is 9.59 Å². The van der Waals surface area contributed by atoms with Gasteiger partial charge in [0.2, 0.25) is 11.8 Å². The molecular weight excluding hydrogens is 312 g/mol. The van der Waals surface area contributed by atoms with Gasteiger partial charge < -0.3 is 10.2 Å². The molecule has 0 saturated heterocycles. The van der Waals surface area contributed by atoms with Crippen molar-refractivity contribution in [3.05, 3.63) is 53.2 Å². The Morgan fingerprint density at radius 1 is 1.24 bits per heavy atom. The molecule has 0 spiro atoms. The van der Waals surface area contributed by atoms with Gasteiger partial charge in [-0.15, -0.1) is 0 Å². The Hall–Kier alpha value is -2.36. The van der Waals surface area contributed by atoms with E-state index in [1.54, 1.807) is 18.0 Å². The normalized spacial score (nSPS) is 19.2. The van der Waals surface area contributed by atoms with Crippen LogP contribution in [0, 0.1) is 0 Å². The van der Waals surface area contributed by atoms with E-state index in [2.05, 4.69) is 11.4 Å². The van der Waals surface area contributed by atoms with Gasteiger partial charge in [0.1, 0.15) is 0 Å². The third-order valence-corrected chi connectivity index (χ3v) is 5.00. The quantitative estimate of drug-likeness (QED) is 0.826. The second-order valence-electron chi connectivity index (χ2n) is 6.80. The maximum atomic E-state index is 12.4. The van der Waals surface area contributed by atoms with E-state index in [1.807, 2.05) is 30.3 Å². The third-order valence-electron chi connectivity index (χ3n) is 5.00. The maximum absolute atomic E-state index is 12.4. The van der Waals surface area contributed by atoms with Crippen LogP contribution < -0.4 is 5.32 Å². The molecule has 0 saturated carbocycles. The number of fused-ring (bicyclic) bond motifs is 1. The zero-order valence-corrected chi connectivity index (χ0v) is 14.8. The Kier molecular flexibility index (Phi) is 5.69. The monoisotopic (exact) mass is 338 g/mol. The predicted octanol–water partition coefficient (Wildman–Crippen LogP) is 3.96. The number of carbonyl (C=O) groups is 2. The average molecular weight is 338 g/mol. The molecule has 1 aliphatic carbocycles. The number of hydrogen-bond donors (Lipinski definition) is 1. The summed E-state index contributed by atoms with van der Waals surface area (Å²) in [5.74, 6) is -0.0475. The highest BCUT2D eigenvalue weighted by Crippen LogP contribution is 2.32. The van der Waals surface area contributed by atoms with E-state index in [-0.39, 0.29) is 17.9 Å². The summed E-state index contributed by atoms with van der Waals surface area (Å²) in [4.78, 5) is 26.1. The van der Waals surface area contributed by atoms with Crippen LogP contribution in [0.1, 0.15) is 62.6 Å². The van der Waals surface area contributed by atoms with Crippen LogP contribution in [0.5, 0.6) is 0 Å². The summed E-state index contributed by atoms with van der Waals surface area (Å²) in [5.41, 5.74) is 3.57. The van der Waals surface area contributed by atoms with Crippen molar-refractivity contribution < 1.29 is 9.59 Å². The molecule has 0 bridgehead atoms. The first-order chi connectivity index (χ1) is 12.1. The highest BCUT2D eigenvalue weighted by atomic mass is 16.2. The van der Waals surface area contributed by atoms with E-state index in [0.717, 1.165) is 24.0 Å². The van der Waals surface area contributed by atoms with E-state index in [0.29, 0.717) is 13.0 Å². The van der Waals surface area contributed by atoms with Crippen molar-refractivity contribution >= 4 is 17.9 Å². The van der Waals surface area contributed by atoms with Crippen LogP contribution in [0.3, 0.4) is 0 Å². The molecule has 2 amide bonds. The Bertz CT molecular complexity index is 706. The molecule has 1 aromatic rings. The first-order valence-corrected chi connectivity index (χ1v) is 9.16. The van der Waals surface area contributed by atoms with Gasteiger partial charge in [0.05, 0.1) is 12.5 Å². The summed E-state index contributed by atoms with van der Waals surface area (Å²) in [7, 11) is 0. The van der Waals surface area contributed by atoms with Crippen molar-refractivity contribution in [1.82, 2.24) is 10.2 Å². The summed E-state index contributed by atoms with van der Waals surface area (Å²) < 4.78 is 0.